The van der Waals surface area contributed by atoms with E-state index in [1.165, 1.54) is 36.2 Å². The molecule has 3 aromatic carbocycles. The molecule has 0 spiro atoms. The van der Waals surface area contributed by atoms with Crippen LogP contribution in [0.1, 0.15) is 36.8 Å². The van der Waals surface area contributed by atoms with E-state index in [0.29, 0.717) is 11.3 Å². The molecule has 0 aromatic heterocycles. The van der Waals surface area contributed by atoms with Crippen LogP contribution < -0.4 is 14.9 Å². The zero-order valence-electron chi connectivity index (χ0n) is 18.4. The van der Waals surface area contributed by atoms with Crippen LogP contribution in [0.5, 0.6) is 0 Å². The Hall–Kier alpha value is -3.06. The second-order valence-corrected chi connectivity index (χ2v) is 10.4. The van der Waals surface area contributed by atoms with Gasteiger partial charge in [0.1, 0.15) is 5.84 Å². The lowest BCUT2D eigenvalue weighted by Gasteiger charge is -2.26. The van der Waals surface area contributed by atoms with E-state index < -0.39 is 10.0 Å². The summed E-state index contributed by atoms with van der Waals surface area (Å²) in [7, 11) is -3.47. The maximum atomic E-state index is 12.6. The van der Waals surface area contributed by atoms with E-state index in [2.05, 4.69) is 4.90 Å². The second-order valence-electron chi connectivity index (χ2n) is 8.50. The van der Waals surface area contributed by atoms with Crippen molar-refractivity contribution in [2.45, 2.75) is 32.2 Å². The van der Waals surface area contributed by atoms with Gasteiger partial charge in [-0.05, 0) is 65.6 Å². The highest BCUT2D eigenvalue weighted by Crippen LogP contribution is 2.27. The normalized spacial score (nSPS) is 14.8. The molecule has 32 heavy (non-hydrogen) atoms. The summed E-state index contributed by atoms with van der Waals surface area (Å²) in [6.45, 7) is 2.34. The van der Waals surface area contributed by atoms with Crippen molar-refractivity contribution >= 4 is 38.0 Å². The van der Waals surface area contributed by atoms with Crippen molar-refractivity contribution in [3.8, 4) is 0 Å². The average molecular weight is 451 g/mol. The maximum absolute atomic E-state index is 12.6. The van der Waals surface area contributed by atoms with Crippen LogP contribution in [0.25, 0.3) is 10.8 Å². The van der Waals surface area contributed by atoms with Gasteiger partial charge < -0.3 is 10.6 Å². The third kappa shape index (κ3) is 5.05. The first-order valence-electron chi connectivity index (χ1n) is 11.0. The molecule has 1 fully saturated rings. The number of fused-ring (bicyclic) bond motifs is 1. The van der Waals surface area contributed by atoms with E-state index in [9.17, 15) is 8.42 Å². The summed E-state index contributed by atoms with van der Waals surface area (Å²) in [5.41, 5.74) is 8.95. The molecule has 168 valence electrons. The minimum Gasteiger partial charge on any atom is -0.384 e. The average Bonchev–Trinajstić information content (AvgIpc) is 3.06. The SMILES string of the molecule is CS(=O)(=O)N(Cc1ccc2ccc(C(=N)N)cc2c1)c1ccc(N2CCCCCC2)cc1. The van der Waals surface area contributed by atoms with Gasteiger partial charge in [0.25, 0.3) is 0 Å². The Morgan fingerprint density at radius 1 is 0.938 bits per heavy atom. The Labute approximate surface area is 190 Å². The van der Waals surface area contributed by atoms with Crippen molar-refractivity contribution in [1.29, 1.82) is 5.41 Å². The number of rotatable bonds is 6. The molecule has 6 nitrogen and oxygen atoms in total. The quantitative estimate of drug-likeness (QED) is 0.428. The fourth-order valence-corrected chi connectivity index (χ4v) is 5.17. The molecule has 1 aliphatic rings. The number of nitrogens with one attached hydrogen (secondary N) is 1. The number of nitrogens with zero attached hydrogens (tertiary/aromatic N) is 2. The molecule has 0 aliphatic carbocycles. The van der Waals surface area contributed by atoms with E-state index in [1.54, 1.807) is 0 Å². The summed E-state index contributed by atoms with van der Waals surface area (Å²) in [5, 5.41) is 9.61. The number of nitrogen functional groups attached to an aromatic ring is 1. The van der Waals surface area contributed by atoms with Crippen molar-refractivity contribution in [2.24, 2.45) is 5.73 Å². The largest absolute Gasteiger partial charge is 0.384 e. The van der Waals surface area contributed by atoms with Crippen LogP contribution in [0.2, 0.25) is 0 Å². The number of hydrogen-bond acceptors (Lipinski definition) is 4. The first-order chi connectivity index (χ1) is 15.3. The van der Waals surface area contributed by atoms with Crippen LogP contribution in [0.15, 0.2) is 60.7 Å². The lowest BCUT2D eigenvalue weighted by molar-refractivity contribution is 0.596. The van der Waals surface area contributed by atoms with Gasteiger partial charge in [0.2, 0.25) is 10.0 Å². The molecular weight excluding hydrogens is 420 g/mol. The molecule has 0 radical (unpaired) electrons. The number of amidine groups is 1. The zero-order valence-corrected chi connectivity index (χ0v) is 19.2. The molecule has 0 amide bonds. The van der Waals surface area contributed by atoms with Gasteiger partial charge in [0.05, 0.1) is 18.5 Å². The fraction of sp³-hybridized carbons (Fsp3) is 0.320. The number of benzene rings is 3. The van der Waals surface area contributed by atoms with Gasteiger partial charge in [-0.1, -0.05) is 37.1 Å². The van der Waals surface area contributed by atoms with E-state index in [4.69, 9.17) is 11.1 Å². The summed E-state index contributed by atoms with van der Waals surface area (Å²) in [5.74, 6) is 0.0135. The van der Waals surface area contributed by atoms with E-state index in [1.807, 2.05) is 60.7 Å². The van der Waals surface area contributed by atoms with Gasteiger partial charge in [-0.3, -0.25) is 9.71 Å². The monoisotopic (exact) mass is 450 g/mol. The molecule has 0 bridgehead atoms. The third-order valence-corrected chi connectivity index (χ3v) is 7.19. The Bertz CT molecular complexity index is 1210. The number of sulfonamides is 1. The molecule has 4 rings (SSSR count). The highest BCUT2D eigenvalue weighted by molar-refractivity contribution is 7.92. The van der Waals surface area contributed by atoms with Crippen molar-refractivity contribution in [3.63, 3.8) is 0 Å². The van der Waals surface area contributed by atoms with Crippen LogP contribution >= 0.6 is 0 Å². The molecule has 1 aliphatic heterocycles. The molecule has 7 heteroatoms. The summed E-state index contributed by atoms with van der Waals surface area (Å²) in [6.07, 6.45) is 6.19. The van der Waals surface area contributed by atoms with Crippen LogP contribution in [0.3, 0.4) is 0 Å². The van der Waals surface area contributed by atoms with Gasteiger partial charge in [0.15, 0.2) is 0 Å². The van der Waals surface area contributed by atoms with Crippen LogP contribution in [-0.2, 0) is 16.6 Å². The van der Waals surface area contributed by atoms with Gasteiger partial charge >= 0.3 is 0 Å². The number of anilines is 2. The van der Waals surface area contributed by atoms with E-state index in [-0.39, 0.29) is 12.4 Å². The van der Waals surface area contributed by atoms with Crippen molar-refractivity contribution in [3.05, 3.63) is 71.8 Å². The van der Waals surface area contributed by atoms with Gasteiger partial charge in [-0.15, -0.1) is 0 Å². The van der Waals surface area contributed by atoms with Crippen LogP contribution in [0, 0.1) is 5.41 Å². The minimum absolute atomic E-state index is 0.0135. The summed E-state index contributed by atoms with van der Waals surface area (Å²) in [4.78, 5) is 2.39. The summed E-state index contributed by atoms with van der Waals surface area (Å²) in [6, 6.07) is 19.3. The van der Waals surface area contributed by atoms with Crippen molar-refractivity contribution in [2.75, 3.05) is 28.6 Å². The van der Waals surface area contributed by atoms with E-state index >= 15 is 0 Å². The molecule has 3 N–H and O–H groups in total. The Balaban J connectivity index is 1.61. The highest BCUT2D eigenvalue weighted by atomic mass is 32.2. The molecule has 0 saturated carbocycles. The lowest BCUT2D eigenvalue weighted by Crippen LogP contribution is -2.29. The second kappa shape index (κ2) is 9.20. The smallest absolute Gasteiger partial charge is 0.232 e. The lowest BCUT2D eigenvalue weighted by atomic mass is 10.0. The molecule has 0 unspecified atom stereocenters. The standard InChI is InChI=1S/C25H30N4O2S/c1-32(30,31)29(24-12-10-23(11-13-24)28-14-4-2-3-5-15-28)18-19-6-7-20-8-9-21(25(26)27)17-22(20)16-19/h6-13,16-17H,2-5,14-15,18H2,1H3,(H3,26,27). The van der Waals surface area contributed by atoms with Gasteiger partial charge in [-0.25, -0.2) is 8.42 Å². The Morgan fingerprint density at radius 2 is 1.59 bits per heavy atom. The van der Waals surface area contributed by atoms with Crippen molar-refractivity contribution < 1.29 is 8.42 Å². The number of nitrogens with two attached hydrogens (primary N) is 1. The van der Waals surface area contributed by atoms with Gasteiger partial charge in [0, 0.05) is 24.3 Å². The molecule has 3 aromatic rings. The fourth-order valence-electron chi connectivity index (χ4n) is 4.29. The topological polar surface area (TPSA) is 90.5 Å². The van der Waals surface area contributed by atoms with E-state index in [0.717, 1.165) is 35.1 Å². The third-order valence-electron chi connectivity index (χ3n) is 6.05. The Kier molecular flexibility index (Phi) is 6.37. The molecule has 1 saturated heterocycles. The predicted octanol–water partition coefficient (Wildman–Crippen LogP) is 4.47. The first kappa shape index (κ1) is 22.1. The highest BCUT2D eigenvalue weighted by Gasteiger charge is 2.19. The minimum atomic E-state index is -3.47. The first-order valence-corrected chi connectivity index (χ1v) is 12.9. The zero-order chi connectivity index (χ0) is 22.7. The molecule has 1 heterocycles. The molecular formula is C25H30N4O2S. The Morgan fingerprint density at radius 3 is 2.22 bits per heavy atom. The van der Waals surface area contributed by atoms with Crippen LogP contribution in [-0.4, -0.2) is 33.6 Å². The predicted molar refractivity (Wildman–Crippen MR) is 133 cm³/mol. The van der Waals surface area contributed by atoms with Crippen LogP contribution in [0.4, 0.5) is 11.4 Å². The molecule has 0 atom stereocenters. The van der Waals surface area contributed by atoms with Gasteiger partial charge in [-0.2, -0.15) is 0 Å². The number of hydrogen-bond donors (Lipinski definition) is 2. The maximum Gasteiger partial charge on any atom is 0.232 e. The summed E-state index contributed by atoms with van der Waals surface area (Å²) >= 11 is 0. The summed E-state index contributed by atoms with van der Waals surface area (Å²) < 4.78 is 26.7. The van der Waals surface area contributed by atoms with Crippen molar-refractivity contribution in [1.82, 2.24) is 0 Å².